The molecule has 1 aliphatic rings. The van der Waals surface area contributed by atoms with Crippen molar-refractivity contribution in [1.29, 1.82) is 0 Å². The highest BCUT2D eigenvalue weighted by Crippen LogP contribution is 2.29. The zero-order valence-electron chi connectivity index (χ0n) is 15.0. The normalized spacial score (nSPS) is 16.2. The molecule has 1 saturated heterocycles. The standard InChI is InChI=1S/C20H19ClN2O5/c21-15-7-8-19(28-13-17-5-2-10-27-17)18(12-15)22-20(24)9-6-14-3-1-4-16(11-14)23(25)26/h1,3-4,6-9,11-12,17H,2,5,10,13H2,(H,22,24). The molecule has 1 aliphatic heterocycles. The van der Waals surface area contributed by atoms with Crippen LogP contribution in [0.15, 0.2) is 48.5 Å². The Labute approximate surface area is 167 Å². The number of hydrogen-bond donors (Lipinski definition) is 1. The fraction of sp³-hybridized carbons (Fsp3) is 0.250. The molecular formula is C20H19ClN2O5. The molecule has 1 N–H and O–H groups in total. The molecular weight excluding hydrogens is 384 g/mol. The minimum absolute atomic E-state index is 0.0396. The molecule has 0 aliphatic carbocycles. The highest BCUT2D eigenvalue weighted by atomic mass is 35.5. The smallest absolute Gasteiger partial charge is 0.270 e. The zero-order valence-corrected chi connectivity index (χ0v) is 15.7. The summed E-state index contributed by atoms with van der Waals surface area (Å²) in [7, 11) is 0. The maximum Gasteiger partial charge on any atom is 0.270 e. The van der Waals surface area contributed by atoms with E-state index in [9.17, 15) is 14.9 Å². The van der Waals surface area contributed by atoms with E-state index in [4.69, 9.17) is 21.1 Å². The van der Waals surface area contributed by atoms with Gasteiger partial charge in [-0.15, -0.1) is 0 Å². The maximum absolute atomic E-state index is 12.3. The first kappa shape index (κ1) is 19.9. The van der Waals surface area contributed by atoms with Crippen molar-refractivity contribution in [2.24, 2.45) is 0 Å². The number of ether oxygens (including phenoxy) is 2. The molecule has 1 amide bonds. The largest absolute Gasteiger partial charge is 0.489 e. The van der Waals surface area contributed by atoms with Crippen molar-refractivity contribution in [3.05, 3.63) is 69.2 Å². The minimum Gasteiger partial charge on any atom is -0.489 e. The lowest BCUT2D eigenvalue weighted by Gasteiger charge is -2.15. The second kappa shape index (κ2) is 9.34. The van der Waals surface area contributed by atoms with Crippen LogP contribution in [0.3, 0.4) is 0 Å². The fourth-order valence-electron chi connectivity index (χ4n) is 2.77. The van der Waals surface area contributed by atoms with E-state index < -0.39 is 10.8 Å². The number of nitrogens with one attached hydrogen (secondary N) is 1. The molecule has 3 rings (SSSR count). The van der Waals surface area contributed by atoms with Gasteiger partial charge in [0, 0.05) is 29.8 Å². The van der Waals surface area contributed by atoms with Crippen LogP contribution in [0, 0.1) is 10.1 Å². The topological polar surface area (TPSA) is 90.7 Å². The van der Waals surface area contributed by atoms with Crippen LogP contribution >= 0.6 is 11.6 Å². The van der Waals surface area contributed by atoms with E-state index in [2.05, 4.69) is 5.32 Å². The molecule has 146 valence electrons. The lowest BCUT2D eigenvalue weighted by Crippen LogP contribution is -2.17. The number of nitro benzene ring substituents is 1. The highest BCUT2D eigenvalue weighted by Gasteiger charge is 2.17. The first-order valence-corrected chi connectivity index (χ1v) is 9.16. The van der Waals surface area contributed by atoms with Gasteiger partial charge in [-0.2, -0.15) is 0 Å². The maximum atomic E-state index is 12.3. The first-order chi connectivity index (χ1) is 13.5. The Morgan fingerprint density at radius 1 is 1.36 bits per heavy atom. The predicted octanol–water partition coefficient (Wildman–Crippen LogP) is 4.46. The van der Waals surface area contributed by atoms with Crippen molar-refractivity contribution in [2.45, 2.75) is 18.9 Å². The van der Waals surface area contributed by atoms with Gasteiger partial charge in [0.25, 0.3) is 5.69 Å². The number of amides is 1. The Hall–Kier alpha value is -2.90. The molecule has 0 spiro atoms. The van der Waals surface area contributed by atoms with E-state index in [0.29, 0.717) is 28.6 Å². The summed E-state index contributed by atoms with van der Waals surface area (Å²) in [6.07, 6.45) is 4.80. The zero-order chi connectivity index (χ0) is 19.9. The summed E-state index contributed by atoms with van der Waals surface area (Å²) in [6, 6.07) is 11.0. The van der Waals surface area contributed by atoms with Gasteiger partial charge >= 0.3 is 0 Å². The van der Waals surface area contributed by atoms with E-state index in [1.807, 2.05) is 0 Å². The van der Waals surface area contributed by atoms with Crippen LogP contribution in [0.25, 0.3) is 6.08 Å². The monoisotopic (exact) mass is 402 g/mol. The number of benzene rings is 2. The lowest BCUT2D eigenvalue weighted by atomic mass is 10.2. The van der Waals surface area contributed by atoms with E-state index in [-0.39, 0.29) is 11.8 Å². The molecule has 2 aromatic rings. The second-order valence-corrected chi connectivity index (χ2v) is 6.70. The van der Waals surface area contributed by atoms with Crippen molar-refractivity contribution in [1.82, 2.24) is 0 Å². The van der Waals surface area contributed by atoms with Crippen LogP contribution in [0.1, 0.15) is 18.4 Å². The van der Waals surface area contributed by atoms with E-state index in [1.54, 1.807) is 30.3 Å². The fourth-order valence-corrected chi connectivity index (χ4v) is 2.94. The van der Waals surface area contributed by atoms with Crippen molar-refractivity contribution in [3.8, 4) is 5.75 Å². The van der Waals surface area contributed by atoms with Gasteiger partial charge in [-0.1, -0.05) is 23.7 Å². The summed E-state index contributed by atoms with van der Waals surface area (Å²) in [4.78, 5) is 22.6. The number of carbonyl (C=O) groups is 1. The number of non-ortho nitro benzene ring substituents is 1. The van der Waals surface area contributed by atoms with Crippen molar-refractivity contribution in [2.75, 3.05) is 18.5 Å². The number of nitro groups is 1. The Morgan fingerprint density at radius 3 is 2.96 bits per heavy atom. The molecule has 0 aromatic heterocycles. The van der Waals surface area contributed by atoms with Gasteiger partial charge in [-0.3, -0.25) is 14.9 Å². The Kier molecular flexibility index (Phi) is 6.62. The number of carbonyl (C=O) groups excluding carboxylic acids is 1. The molecule has 0 radical (unpaired) electrons. The van der Waals surface area contributed by atoms with Crippen LogP contribution < -0.4 is 10.1 Å². The first-order valence-electron chi connectivity index (χ1n) is 8.79. The molecule has 0 saturated carbocycles. The van der Waals surface area contributed by atoms with E-state index in [1.165, 1.54) is 24.3 Å². The number of nitrogens with zero attached hydrogens (tertiary/aromatic N) is 1. The molecule has 28 heavy (non-hydrogen) atoms. The lowest BCUT2D eigenvalue weighted by molar-refractivity contribution is -0.384. The van der Waals surface area contributed by atoms with Gasteiger partial charge in [0.1, 0.15) is 12.4 Å². The van der Waals surface area contributed by atoms with Crippen LogP contribution in [-0.4, -0.2) is 30.1 Å². The quantitative estimate of drug-likeness (QED) is 0.419. The third-order valence-electron chi connectivity index (χ3n) is 4.16. The van der Waals surface area contributed by atoms with Crippen molar-refractivity contribution in [3.63, 3.8) is 0 Å². The number of anilines is 1. The SMILES string of the molecule is O=C(C=Cc1cccc([N+](=O)[O-])c1)Nc1cc(Cl)ccc1OCC1CCCO1. The molecule has 2 aromatic carbocycles. The Morgan fingerprint density at radius 2 is 2.21 bits per heavy atom. The van der Waals surface area contributed by atoms with E-state index in [0.717, 1.165) is 19.4 Å². The Bertz CT molecular complexity index is 894. The summed E-state index contributed by atoms with van der Waals surface area (Å²) in [6.45, 7) is 1.13. The molecule has 7 nitrogen and oxygen atoms in total. The van der Waals surface area contributed by atoms with Gasteiger partial charge in [0.15, 0.2) is 0 Å². The predicted molar refractivity (Wildman–Crippen MR) is 107 cm³/mol. The molecule has 8 heteroatoms. The van der Waals surface area contributed by atoms with Gasteiger partial charge in [0.2, 0.25) is 5.91 Å². The number of hydrogen-bond acceptors (Lipinski definition) is 5. The number of halogens is 1. The molecule has 1 atom stereocenters. The minimum atomic E-state index is -0.485. The molecule has 1 fully saturated rings. The van der Waals surface area contributed by atoms with Crippen LogP contribution in [0.5, 0.6) is 5.75 Å². The van der Waals surface area contributed by atoms with Gasteiger partial charge < -0.3 is 14.8 Å². The summed E-state index contributed by atoms with van der Waals surface area (Å²) in [5, 5.41) is 14.0. The summed E-state index contributed by atoms with van der Waals surface area (Å²) >= 11 is 6.03. The molecule has 1 heterocycles. The van der Waals surface area contributed by atoms with Crippen LogP contribution in [-0.2, 0) is 9.53 Å². The van der Waals surface area contributed by atoms with Gasteiger partial charge in [-0.25, -0.2) is 0 Å². The summed E-state index contributed by atoms with van der Waals surface area (Å²) in [5.74, 6) is 0.0905. The molecule has 0 bridgehead atoms. The van der Waals surface area contributed by atoms with Crippen molar-refractivity contribution < 1.29 is 19.2 Å². The van der Waals surface area contributed by atoms with Crippen LogP contribution in [0.4, 0.5) is 11.4 Å². The van der Waals surface area contributed by atoms with Crippen molar-refractivity contribution >= 4 is 35.0 Å². The average Bonchev–Trinajstić information content (AvgIpc) is 3.19. The van der Waals surface area contributed by atoms with E-state index >= 15 is 0 Å². The average molecular weight is 403 g/mol. The van der Waals surface area contributed by atoms with Gasteiger partial charge in [0.05, 0.1) is 16.7 Å². The summed E-state index contributed by atoms with van der Waals surface area (Å²) < 4.78 is 11.3. The highest BCUT2D eigenvalue weighted by molar-refractivity contribution is 6.31. The third-order valence-corrected chi connectivity index (χ3v) is 4.39. The Balaban J connectivity index is 1.66. The number of rotatable bonds is 7. The molecule has 1 unspecified atom stereocenters. The van der Waals surface area contributed by atoms with Gasteiger partial charge in [-0.05, 0) is 42.7 Å². The van der Waals surface area contributed by atoms with Crippen LogP contribution in [0.2, 0.25) is 5.02 Å². The third kappa shape index (κ3) is 5.55. The summed E-state index contributed by atoms with van der Waals surface area (Å²) in [5.41, 5.74) is 0.951. The second-order valence-electron chi connectivity index (χ2n) is 6.26.